The molecule has 0 amide bonds. The topological polar surface area (TPSA) is 38.7 Å². The molecule has 1 aliphatic heterocycles. The first-order valence-corrected chi connectivity index (χ1v) is 7.62. The van der Waals surface area contributed by atoms with Crippen LogP contribution in [-0.4, -0.2) is 30.7 Å². The fourth-order valence-electron chi connectivity index (χ4n) is 3.24. The summed E-state index contributed by atoms with van der Waals surface area (Å²) < 4.78 is 12.6. The largest absolute Gasteiger partial charge is 0.395 e. The minimum absolute atomic E-state index is 0.138. The molecule has 0 atom stereocenters. The van der Waals surface area contributed by atoms with E-state index in [1.165, 1.54) is 5.56 Å². The maximum absolute atomic E-state index is 9.90. The third-order valence-corrected chi connectivity index (χ3v) is 5.07. The van der Waals surface area contributed by atoms with E-state index in [9.17, 15) is 5.11 Å². The number of ether oxygens (including phenoxy) is 2. The molecule has 1 saturated heterocycles. The van der Waals surface area contributed by atoms with Crippen molar-refractivity contribution in [1.82, 2.24) is 0 Å². The van der Waals surface area contributed by atoms with Crippen LogP contribution in [-0.2, 0) is 14.9 Å². The molecular weight excluding hydrogens is 308 g/mol. The van der Waals surface area contributed by atoms with Crippen LogP contribution in [0, 0.1) is 0 Å². The van der Waals surface area contributed by atoms with Crippen LogP contribution in [0.15, 0.2) is 28.7 Å². The Morgan fingerprint density at radius 3 is 2.11 bits per heavy atom. The highest BCUT2D eigenvalue weighted by atomic mass is 79.9. The van der Waals surface area contributed by atoms with E-state index in [1.54, 1.807) is 0 Å². The molecule has 4 heteroatoms. The molecule has 1 heterocycles. The lowest BCUT2D eigenvalue weighted by atomic mass is 9.68. The third-order valence-electron chi connectivity index (χ3n) is 4.54. The molecule has 19 heavy (non-hydrogen) atoms. The van der Waals surface area contributed by atoms with E-state index in [0.29, 0.717) is 13.2 Å². The minimum atomic E-state index is -0.367. The summed E-state index contributed by atoms with van der Waals surface area (Å²) in [5.41, 5.74) is 1.08. The monoisotopic (exact) mass is 326 g/mol. The van der Waals surface area contributed by atoms with Crippen molar-refractivity contribution in [2.24, 2.45) is 0 Å². The van der Waals surface area contributed by atoms with Crippen molar-refractivity contribution in [3.63, 3.8) is 0 Å². The number of rotatable bonds is 2. The van der Waals surface area contributed by atoms with Crippen molar-refractivity contribution < 1.29 is 14.6 Å². The van der Waals surface area contributed by atoms with Gasteiger partial charge in [-0.1, -0.05) is 28.1 Å². The summed E-state index contributed by atoms with van der Waals surface area (Å²) in [6.45, 7) is 1.58. The molecule has 0 aromatic heterocycles. The molecule has 1 saturated carbocycles. The zero-order valence-corrected chi connectivity index (χ0v) is 12.5. The second kappa shape index (κ2) is 5.17. The number of halogens is 1. The van der Waals surface area contributed by atoms with Gasteiger partial charge in [0.2, 0.25) is 0 Å². The van der Waals surface area contributed by atoms with Crippen LogP contribution in [0.2, 0.25) is 0 Å². The smallest absolute Gasteiger partial charge is 0.168 e. The molecule has 0 radical (unpaired) electrons. The van der Waals surface area contributed by atoms with Crippen LogP contribution >= 0.6 is 15.9 Å². The summed E-state index contributed by atoms with van der Waals surface area (Å²) in [5, 5.41) is 9.90. The van der Waals surface area contributed by atoms with Gasteiger partial charge in [0, 0.05) is 22.7 Å². The molecule has 3 rings (SSSR count). The standard InChI is InChI=1S/C15H19BrO3/c16-13-3-1-12(2-4-13)14(11-17)5-7-15(8-6-14)18-9-10-19-15/h1-4,17H,5-11H2. The van der Waals surface area contributed by atoms with E-state index in [0.717, 1.165) is 30.2 Å². The number of aliphatic hydroxyl groups is 1. The fraction of sp³-hybridized carbons (Fsp3) is 0.600. The molecule has 1 N–H and O–H groups in total. The van der Waals surface area contributed by atoms with Crippen LogP contribution in [0.1, 0.15) is 31.2 Å². The summed E-state index contributed by atoms with van der Waals surface area (Å²) in [4.78, 5) is 0. The molecule has 1 aromatic rings. The minimum Gasteiger partial charge on any atom is -0.395 e. The maximum atomic E-state index is 9.90. The van der Waals surface area contributed by atoms with Crippen LogP contribution in [0.5, 0.6) is 0 Å². The SMILES string of the molecule is OCC1(c2ccc(Br)cc2)CCC2(CC1)OCCO2. The van der Waals surface area contributed by atoms with Gasteiger partial charge >= 0.3 is 0 Å². The van der Waals surface area contributed by atoms with E-state index >= 15 is 0 Å². The van der Waals surface area contributed by atoms with Crippen LogP contribution in [0.25, 0.3) is 0 Å². The van der Waals surface area contributed by atoms with Gasteiger partial charge in [0.15, 0.2) is 5.79 Å². The highest BCUT2D eigenvalue weighted by Crippen LogP contribution is 2.46. The molecular formula is C15H19BrO3. The van der Waals surface area contributed by atoms with Gasteiger partial charge in [-0.25, -0.2) is 0 Å². The van der Waals surface area contributed by atoms with Crippen LogP contribution in [0.4, 0.5) is 0 Å². The van der Waals surface area contributed by atoms with Gasteiger partial charge in [-0.05, 0) is 30.5 Å². The Morgan fingerprint density at radius 2 is 1.58 bits per heavy atom. The second-order valence-electron chi connectivity index (χ2n) is 5.55. The van der Waals surface area contributed by atoms with Gasteiger partial charge in [0.05, 0.1) is 19.8 Å². The normalized spacial score (nSPS) is 24.7. The molecule has 1 aliphatic carbocycles. The van der Waals surface area contributed by atoms with Crippen molar-refractivity contribution >= 4 is 15.9 Å². The molecule has 2 aliphatic rings. The van der Waals surface area contributed by atoms with Crippen molar-refractivity contribution in [3.05, 3.63) is 34.3 Å². The summed E-state index contributed by atoms with van der Waals surface area (Å²) in [5.74, 6) is -0.367. The average Bonchev–Trinajstić information content (AvgIpc) is 2.90. The molecule has 0 unspecified atom stereocenters. The number of hydrogen-bond donors (Lipinski definition) is 1. The van der Waals surface area contributed by atoms with E-state index in [4.69, 9.17) is 9.47 Å². The van der Waals surface area contributed by atoms with Gasteiger partial charge < -0.3 is 14.6 Å². The van der Waals surface area contributed by atoms with Crippen molar-refractivity contribution in [3.8, 4) is 0 Å². The van der Waals surface area contributed by atoms with E-state index in [2.05, 4.69) is 28.1 Å². The van der Waals surface area contributed by atoms with Crippen molar-refractivity contribution in [1.29, 1.82) is 0 Å². The highest BCUT2D eigenvalue weighted by molar-refractivity contribution is 9.10. The van der Waals surface area contributed by atoms with E-state index in [-0.39, 0.29) is 17.8 Å². The zero-order chi connectivity index (χ0) is 13.3. The first-order valence-electron chi connectivity index (χ1n) is 6.83. The first-order chi connectivity index (χ1) is 9.18. The van der Waals surface area contributed by atoms with Gasteiger partial charge in [0.25, 0.3) is 0 Å². The Bertz CT molecular complexity index is 427. The lowest BCUT2D eigenvalue weighted by molar-refractivity contribution is -0.187. The average molecular weight is 327 g/mol. The quantitative estimate of drug-likeness (QED) is 0.908. The van der Waals surface area contributed by atoms with Crippen molar-refractivity contribution in [2.45, 2.75) is 36.9 Å². The van der Waals surface area contributed by atoms with Crippen LogP contribution < -0.4 is 0 Å². The zero-order valence-electron chi connectivity index (χ0n) is 10.9. The fourth-order valence-corrected chi connectivity index (χ4v) is 3.50. The summed E-state index contributed by atoms with van der Waals surface area (Å²) in [7, 11) is 0. The van der Waals surface area contributed by atoms with Gasteiger partial charge in [-0.3, -0.25) is 0 Å². The molecule has 2 fully saturated rings. The van der Waals surface area contributed by atoms with Crippen LogP contribution in [0.3, 0.4) is 0 Å². The molecule has 104 valence electrons. The van der Waals surface area contributed by atoms with Gasteiger partial charge in [-0.2, -0.15) is 0 Å². The Labute approximate surface area is 122 Å². The number of aliphatic hydroxyl groups excluding tert-OH is 1. The Kier molecular flexibility index (Phi) is 3.69. The lowest BCUT2D eigenvalue weighted by Crippen LogP contribution is -2.44. The second-order valence-corrected chi connectivity index (χ2v) is 6.47. The molecule has 0 bridgehead atoms. The molecule has 1 spiro atoms. The molecule has 3 nitrogen and oxygen atoms in total. The summed E-state index contributed by atoms with van der Waals surface area (Å²) >= 11 is 3.46. The van der Waals surface area contributed by atoms with E-state index in [1.807, 2.05) is 12.1 Å². The molecule has 1 aromatic carbocycles. The van der Waals surface area contributed by atoms with Crippen molar-refractivity contribution in [2.75, 3.05) is 19.8 Å². The summed E-state index contributed by atoms with van der Waals surface area (Å²) in [6, 6.07) is 8.29. The van der Waals surface area contributed by atoms with E-state index < -0.39 is 0 Å². The lowest BCUT2D eigenvalue weighted by Gasteiger charge is -2.43. The van der Waals surface area contributed by atoms with Gasteiger partial charge in [0.1, 0.15) is 0 Å². The third kappa shape index (κ3) is 2.47. The predicted octanol–water partition coefficient (Wildman–Crippen LogP) is 3.00. The predicted molar refractivity (Wildman–Crippen MR) is 76.0 cm³/mol. The Hall–Kier alpha value is -0.420. The first kappa shape index (κ1) is 13.6. The Balaban J connectivity index is 1.80. The summed E-state index contributed by atoms with van der Waals surface area (Å²) in [6.07, 6.45) is 3.55. The number of benzene rings is 1. The highest BCUT2D eigenvalue weighted by Gasteiger charge is 2.46. The number of hydrogen-bond acceptors (Lipinski definition) is 3. The Morgan fingerprint density at radius 1 is 1.00 bits per heavy atom. The van der Waals surface area contributed by atoms with Gasteiger partial charge in [-0.15, -0.1) is 0 Å². The maximum Gasteiger partial charge on any atom is 0.168 e.